The summed E-state index contributed by atoms with van der Waals surface area (Å²) in [6.45, 7) is 19.7. The summed E-state index contributed by atoms with van der Waals surface area (Å²) in [6, 6.07) is 30.9. The standard InChI is InChI=1S/C32H38O7P.C26H27O3P/c1-20(18-32(2,3)4)19-40(35)26-17-9-12-21(30(33)28-22(36-5)13-10-14-23(28)37-6)27(26)31(34)29-24(38-7)15-11-16-25(29)39-8;1-16-12-18(3)23(19(4)13-16)25(27)30(29,22-10-8-7-9-11-22)26(28)24-20(5)14-17(2)15-21(24)6/h9-17,20H,18-19H2,1-8H3;7-15H,1-6H3/q+1;. The summed E-state index contributed by atoms with van der Waals surface area (Å²) < 4.78 is 50.4. The molecule has 70 heavy (non-hydrogen) atoms. The van der Waals surface area contributed by atoms with Crippen molar-refractivity contribution >= 4 is 48.2 Å². The molecule has 0 amide bonds. The van der Waals surface area contributed by atoms with Crippen molar-refractivity contribution < 1.29 is 47.3 Å². The average Bonchev–Trinajstić information content (AvgIpc) is 3.31. The van der Waals surface area contributed by atoms with Crippen molar-refractivity contribution in [2.24, 2.45) is 11.3 Å². The van der Waals surface area contributed by atoms with E-state index in [1.165, 1.54) is 28.4 Å². The van der Waals surface area contributed by atoms with Crippen molar-refractivity contribution in [1.29, 1.82) is 0 Å². The summed E-state index contributed by atoms with van der Waals surface area (Å²) in [5, 5.41) is 0.590. The summed E-state index contributed by atoms with van der Waals surface area (Å²) in [7, 11) is -0.321. The second-order valence-electron chi connectivity index (χ2n) is 19.0. The van der Waals surface area contributed by atoms with Crippen LogP contribution in [0.25, 0.3) is 0 Å². The number of benzene rings is 6. The van der Waals surface area contributed by atoms with Crippen LogP contribution in [-0.2, 0) is 9.13 Å². The fourth-order valence-corrected chi connectivity index (χ4v) is 13.6. The lowest BCUT2D eigenvalue weighted by molar-refractivity contribution is 0.0997. The van der Waals surface area contributed by atoms with Gasteiger partial charge in [0.05, 0.1) is 34.0 Å². The molecule has 2 unspecified atom stereocenters. The van der Waals surface area contributed by atoms with E-state index in [2.05, 4.69) is 27.7 Å². The minimum absolute atomic E-state index is 0.0485. The zero-order valence-corrected chi connectivity index (χ0v) is 44.6. The minimum atomic E-state index is -4.11. The van der Waals surface area contributed by atoms with Gasteiger partial charge in [-0.05, 0) is 112 Å². The van der Waals surface area contributed by atoms with Crippen LogP contribution in [0.2, 0.25) is 0 Å². The van der Waals surface area contributed by atoms with E-state index in [4.69, 9.17) is 18.9 Å². The van der Waals surface area contributed by atoms with Crippen molar-refractivity contribution in [2.45, 2.75) is 75.7 Å². The second-order valence-corrected chi connectivity index (χ2v) is 23.1. The van der Waals surface area contributed by atoms with Crippen LogP contribution in [0.3, 0.4) is 0 Å². The van der Waals surface area contributed by atoms with Crippen molar-refractivity contribution in [3.8, 4) is 23.0 Å². The zero-order chi connectivity index (χ0) is 51.8. The number of aryl methyl sites for hydroxylation is 6. The first-order valence-corrected chi connectivity index (χ1v) is 26.2. The van der Waals surface area contributed by atoms with Gasteiger partial charge in [0.1, 0.15) is 34.1 Å². The Hall–Kier alpha value is -6.47. The maximum Gasteiger partial charge on any atom is 0.377 e. The lowest BCUT2D eigenvalue weighted by Crippen LogP contribution is -2.23. The number of rotatable bonds is 17. The second kappa shape index (κ2) is 23.0. The number of methoxy groups -OCH3 is 4. The number of ketones is 2. The first-order valence-electron chi connectivity index (χ1n) is 23.0. The molecular weight excluding hydrogens is 919 g/mol. The van der Waals surface area contributed by atoms with E-state index in [-0.39, 0.29) is 50.4 Å². The smallest absolute Gasteiger partial charge is 0.377 e. The number of ether oxygens (including phenoxy) is 4. The van der Waals surface area contributed by atoms with E-state index in [1.807, 2.05) is 65.8 Å². The van der Waals surface area contributed by atoms with Crippen LogP contribution in [0.5, 0.6) is 23.0 Å². The molecule has 0 aliphatic heterocycles. The molecule has 0 aromatic heterocycles. The molecule has 6 aromatic rings. The van der Waals surface area contributed by atoms with E-state index in [9.17, 15) is 28.3 Å². The predicted octanol–water partition coefficient (Wildman–Crippen LogP) is 12.9. The normalized spacial score (nSPS) is 11.9. The topological polar surface area (TPSA) is 139 Å². The van der Waals surface area contributed by atoms with E-state index < -0.39 is 37.6 Å². The molecule has 6 rings (SSSR count). The van der Waals surface area contributed by atoms with Gasteiger partial charge >= 0.3 is 7.80 Å². The zero-order valence-electron chi connectivity index (χ0n) is 42.9. The number of hydrogen-bond acceptors (Lipinski definition) is 10. The Morgan fingerprint density at radius 2 is 0.914 bits per heavy atom. The van der Waals surface area contributed by atoms with Crippen LogP contribution < -0.4 is 29.6 Å². The Kier molecular flexibility index (Phi) is 17.9. The Balaban J connectivity index is 0.000000271. The predicted molar refractivity (Wildman–Crippen MR) is 281 cm³/mol. The molecule has 0 fully saturated rings. The Labute approximate surface area is 414 Å². The molecule has 0 N–H and O–H groups in total. The molecule has 10 nitrogen and oxygen atoms in total. The molecule has 366 valence electrons. The van der Waals surface area contributed by atoms with Gasteiger partial charge in [-0.1, -0.05) is 116 Å². The van der Waals surface area contributed by atoms with E-state index in [1.54, 1.807) is 84.9 Å². The molecule has 0 spiro atoms. The summed E-state index contributed by atoms with van der Waals surface area (Å²) in [5.41, 5.74) is 5.06. The first-order chi connectivity index (χ1) is 33.0. The molecule has 0 saturated carbocycles. The quantitative estimate of drug-likeness (QED) is 0.0641. The molecule has 6 aromatic carbocycles. The fraction of sp³-hybridized carbons (Fsp3) is 0.310. The van der Waals surface area contributed by atoms with Crippen LogP contribution in [-0.4, -0.2) is 57.2 Å². The van der Waals surface area contributed by atoms with Crippen molar-refractivity contribution in [2.75, 3.05) is 34.6 Å². The van der Waals surface area contributed by atoms with Gasteiger partial charge in [-0.25, -0.2) is 0 Å². The van der Waals surface area contributed by atoms with Gasteiger partial charge in [-0.3, -0.25) is 19.2 Å². The van der Waals surface area contributed by atoms with Crippen molar-refractivity contribution in [3.63, 3.8) is 0 Å². The third kappa shape index (κ3) is 11.7. The molecule has 0 aliphatic rings. The number of carbonyl (C=O) groups is 4. The van der Waals surface area contributed by atoms with E-state index >= 15 is 0 Å². The molecule has 0 bridgehead atoms. The fourth-order valence-electron chi connectivity index (χ4n) is 9.39. The number of hydrogen-bond donors (Lipinski definition) is 0. The van der Waals surface area contributed by atoms with Crippen molar-refractivity contribution in [1.82, 2.24) is 0 Å². The molecule has 12 heteroatoms. The Morgan fingerprint density at radius 3 is 1.30 bits per heavy atom. The molecule has 0 radical (unpaired) electrons. The first kappa shape index (κ1) is 54.5. The molecule has 0 aliphatic carbocycles. The summed E-state index contributed by atoms with van der Waals surface area (Å²) in [6.07, 6.45) is 1.22. The van der Waals surface area contributed by atoms with Gasteiger partial charge < -0.3 is 23.5 Å². The van der Waals surface area contributed by atoms with Crippen LogP contribution in [0, 0.1) is 52.9 Å². The maximum absolute atomic E-state index is 14.5. The molecular formula is C58H65O10P2+. The highest BCUT2D eigenvalue weighted by atomic mass is 31.2. The Bertz CT molecular complexity index is 2850. The molecule has 0 saturated heterocycles. The van der Waals surface area contributed by atoms with E-state index in [0.29, 0.717) is 34.1 Å². The summed E-state index contributed by atoms with van der Waals surface area (Å²) in [4.78, 5) is 56.3. The van der Waals surface area contributed by atoms with Gasteiger partial charge in [0, 0.05) is 27.9 Å². The SMILES string of the molecule is COc1cccc(OC)c1C(=O)c1cccc([P+](=O)CC(C)CC(C)(C)C)c1C(=O)c1c(OC)cccc1OC.Cc1cc(C)c(C(=O)P(=O)(C(=O)c2c(C)cc(C)cc2C)c2ccccc2)c(C)c1. The van der Waals surface area contributed by atoms with Crippen LogP contribution in [0.1, 0.15) is 120 Å². The van der Waals surface area contributed by atoms with E-state index in [0.717, 1.165) is 39.8 Å². The monoisotopic (exact) mass is 983 g/mol. The summed E-state index contributed by atoms with van der Waals surface area (Å²) >= 11 is 0. The third-order valence-electron chi connectivity index (χ3n) is 12.0. The van der Waals surface area contributed by atoms with Crippen LogP contribution >= 0.6 is 14.9 Å². The molecule has 2 atom stereocenters. The Morgan fingerprint density at radius 1 is 0.529 bits per heavy atom. The highest BCUT2D eigenvalue weighted by molar-refractivity contribution is 8.01. The average molecular weight is 984 g/mol. The summed E-state index contributed by atoms with van der Waals surface area (Å²) in [5.74, 6) is 0.277. The minimum Gasteiger partial charge on any atom is -0.496 e. The van der Waals surface area contributed by atoms with Gasteiger partial charge in [0.15, 0.2) is 6.16 Å². The highest BCUT2D eigenvalue weighted by Gasteiger charge is 2.45. The van der Waals surface area contributed by atoms with Crippen LogP contribution in [0.4, 0.5) is 0 Å². The lowest BCUT2D eigenvalue weighted by Gasteiger charge is -2.21. The third-order valence-corrected chi connectivity index (χ3v) is 16.5. The maximum atomic E-state index is 14.5. The van der Waals surface area contributed by atoms with Gasteiger partial charge in [-0.15, -0.1) is 0 Å². The highest BCUT2D eigenvalue weighted by Crippen LogP contribution is 2.53. The largest absolute Gasteiger partial charge is 0.496 e. The van der Waals surface area contributed by atoms with Gasteiger partial charge in [-0.2, -0.15) is 0 Å². The number of carbonyl (C=O) groups excluding carboxylic acids is 4. The molecule has 0 heterocycles. The van der Waals surface area contributed by atoms with Gasteiger partial charge in [0.25, 0.3) is 0 Å². The van der Waals surface area contributed by atoms with Crippen LogP contribution in [0.15, 0.2) is 109 Å². The lowest BCUT2D eigenvalue weighted by atomic mass is 9.86. The van der Waals surface area contributed by atoms with Crippen molar-refractivity contribution in [3.05, 3.63) is 176 Å². The van der Waals surface area contributed by atoms with Gasteiger partial charge in [0.2, 0.25) is 35.1 Å².